The van der Waals surface area contributed by atoms with E-state index in [0.717, 1.165) is 42.6 Å². The Morgan fingerprint density at radius 3 is 2.61 bits per heavy atom. The summed E-state index contributed by atoms with van der Waals surface area (Å²) in [5.41, 5.74) is 0.956. The number of aromatic nitrogens is 1. The molecule has 0 bridgehead atoms. The van der Waals surface area contributed by atoms with Crippen molar-refractivity contribution in [2.75, 3.05) is 18.4 Å². The van der Waals surface area contributed by atoms with E-state index in [4.69, 9.17) is 11.6 Å². The first-order valence-electron chi connectivity index (χ1n) is 6.75. The molecule has 18 heavy (non-hydrogen) atoms. The van der Waals surface area contributed by atoms with Crippen molar-refractivity contribution in [2.24, 2.45) is 0 Å². The van der Waals surface area contributed by atoms with Gasteiger partial charge in [0.1, 0.15) is 5.82 Å². The van der Waals surface area contributed by atoms with Crippen molar-refractivity contribution in [1.82, 2.24) is 9.88 Å². The Morgan fingerprint density at radius 1 is 1.33 bits per heavy atom. The molecule has 0 saturated heterocycles. The van der Waals surface area contributed by atoms with Gasteiger partial charge < -0.3 is 5.32 Å². The normalized spacial score (nSPS) is 12.8. The summed E-state index contributed by atoms with van der Waals surface area (Å²) in [7, 11) is 0. The molecule has 1 unspecified atom stereocenters. The van der Waals surface area contributed by atoms with E-state index in [2.05, 4.69) is 42.9 Å². The predicted octanol–water partition coefficient (Wildman–Crippen LogP) is 3.79. The van der Waals surface area contributed by atoms with Crippen LogP contribution in [0.4, 0.5) is 5.82 Å². The maximum absolute atomic E-state index is 6.23. The quantitative estimate of drug-likeness (QED) is 0.816. The van der Waals surface area contributed by atoms with Crippen LogP contribution in [-0.4, -0.2) is 29.0 Å². The zero-order valence-electron chi connectivity index (χ0n) is 11.8. The van der Waals surface area contributed by atoms with Crippen LogP contribution in [0.3, 0.4) is 0 Å². The maximum atomic E-state index is 6.23. The number of nitrogens with zero attached hydrogens (tertiary/aromatic N) is 2. The summed E-state index contributed by atoms with van der Waals surface area (Å²) in [5, 5.41) is 3.97. The molecular weight excluding hydrogens is 246 g/mol. The number of anilines is 1. The molecule has 1 aromatic heterocycles. The lowest BCUT2D eigenvalue weighted by Crippen LogP contribution is -2.32. The largest absolute Gasteiger partial charge is 0.370 e. The van der Waals surface area contributed by atoms with E-state index in [1.165, 1.54) is 0 Å². The van der Waals surface area contributed by atoms with Crippen LogP contribution < -0.4 is 5.32 Å². The Kier molecular flexibility index (Phi) is 6.44. The predicted molar refractivity (Wildman–Crippen MR) is 79.2 cm³/mol. The first kappa shape index (κ1) is 15.3. The second-order valence-electron chi connectivity index (χ2n) is 4.48. The summed E-state index contributed by atoms with van der Waals surface area (Å²) in [6.45, 7) is 11.4. The van der Waals surface area contributed by atoms with Crippen LogP contribution in [0.1, 0.15) is 39.8 Å². The minimum Gasteiger partial charge on any atom is -0.370 e. The number of hydrogen-bond acceptors (Lipinski definition) is 3. The summed E-state index contributed by atoms with van der Waals surface area (Å²) in [6, 6.07) is 4.40. The highest BCUT2D eigenvalue weighted by molar-refractivity contribution is 6.31. The Hall–Kier alpha value is -0.800. The van der Waals surface area contributed by atoms with Gasteiger partial charge in [0.05, 0.1) is 10.7 Å². The van der Waals surface area contributed by atoms with Crippen molar-refractivity contribution in [3.8, 4) is 0 Å². The van der Waals surface area contributed by atoms with Crippen LogP contribution >= 0.6 is 11.6 Å². The van der Waals surface area contributed by atoms with Crippen LogP contribution in [0.5, 0.6) is 0 Å². The van der Waals surface area contributed by atoms with Crippen molar-refractivity contribution >= 4 is 17.4 Å². The number of halogens is 1. The van der Waals surface area contributed by atoms with E-state index in [1.54, 1.807) is 0 Å². The first-order valence-corrected chi connectivity index (χ1v) is 7.13. The monoisotopic (exact) mass is 269 g/mol. The first-order chi connectivity index (χ1) is 8.62. The van der Waals surface area contributed by atoms with Crippen molar-refractivity contribution in [1.29, 1.82) is 0 Å². The Bertz CT molecular complexity index is 368. The molecule has 0 aliphatic carbocycles. The molecule has 1 heterocycles. The van der Waals surface area contributed by atoms with Crippen LogP contribution in [0.15, 0.2) is 12.1 Å². The van der Waals surface area contributed by atoms with Gasteiger partial charge in [-0.1, -0.05) is 25.4 Å². The molecule has 0 aliphatic rings. The lowest BCUT2D eigenvalue weighted by molar-refractivity contribution is 0.204. The molecule has 3 nitrogen and oxygen atoms in total. The van der Waals surface area contributed by atoms with Gasteiger partial charge in [0, 0.05) is 19.1 Å². The molecule has 1 rings (SSSR count). The average molecular weight is 270 g/mol. The fourth-order valence-corrected chi connectivity index (χ4v) is 2.07. The summed E-state index contributed by atoms with van der Waals surface area (Å²) in [6.07, 6.45) is 1.14. The van der Waals surface area contributed by atoms with Crippen LogP contribution in [0.25, 0.3) is 0 Å². The van der Waals surface area contributed by atoms with E-state index >= 15 is 0 Å². The average Bonchev–Trinajstić information content (AvgIpc) is 2.38. The zero-order valence-corrected chi connectivity index (χ0v) is 12.6. The maximum Gasteiger partial charge on any atom is 0.126 e. The van der Waals surface area contributed by atoms with Crippen LogP contribution in [0.2, 0.25) is 5.02 Å². The number of pyridine rings is 1. The highest BCUT2D eigenvalue weighted by Crippen LogP contribution is 2.19. The number of rotatable bonds is 7. The molecule has 102 valence electrons. The number of hydrogen-bond donors (Lipinski definition) is 1. The molecular formula is C14H24ClN3. The van der Waals surface area contributed by atoms with E-state index < -0.39 is 0 Å². The minimum absolute atomic E-state index is 0.552. The molecule has 0 aliphatic heterocycles. The second kappa shape index (κ2) is 7.59. The van der Waals surface area contributed by atoms with Crippen molar-refractivity contribution < 1.29 is 0 Å². The van der Waals surface area contributed by atoms with Gasteiger partial charge in [0.15, 0.2) is 0 Å². The van der Waals surface area contributed by atoms with E-state index in [9.17, 15) is 0 Å². The van der Waals surface area contributed by atoms with Gasteiger partial charge in [-0.15, -0.1) is 0 Å². The highest BCUT2D eigenvalue weighted by Gasteiger charge is 2.13. The van der Waals surface area contributed by atoms with E-state index in [-0.39, 0.29) is 0 Å². The summed E-state index contributed by atoms with van der Waals surface area (Å²) >= 11 is 6.23. The zero-order chi connectivity index (χ0) is 13.5. The van der Waals surface area contributed by atoms with Crippen molar-refractivity contribution in [3.63, 3.8) is 0 Å². The van der Waals surface area contributed by atoms with Gasteiger partial charge in [0.2, 0.25) is 0 Å². The number of nitrogens with one attached hydrogen (secondary N) is 1. The van der Waals surface area contributed by atoms with Gasteiger partial charge in [0.25, 0.3) is 0 Å². The third kappa shape index (κ3) is 4.14. The molecule has 1 aromatic rings. The Morgan fingerprint density at radius 2 is 2.06 bits per heavy atom. The van der Waals surface area contributed by atoms with Crippen molar-refractivity contribution in [3.05, 3.63) is 22.8 Å². The van der Waals surface area contributed by atoms with E-state index in [0.29, 0.717) is 6.04 Å². The summed E-state index contributed by atoms with van der Waals surface area (Å²) < 4.78 is 0. The minimum atomic E-state index is 0.552. The second-order valence-corrected chi connectivity index (χ2v) is 4.88. The molecule has 1 N–H and O–H groups in total. The Balaban J connectivity index is 2.84. The van der Waals surface area contributed by atoms with Gasteiger partial charge in [-0.3, -0.25) is 4.90 Å². The standard InChI is InChI=1S/C14H24ClN3/c1-5-11(4)18(7-3)10-13-12(15)8-9-14(17-13)16-6-2/h8-9,11H,5-7,10H2,1-4H3,(H,16,17). The summed E-state index contributed by atoms with van der Waals surface area (Å²) in [4.78, 5) is 6.97. The fourth-order valence-electron chi connectivity index (χ4n) is 1.90. The fraction of sp³-hybridized carbons (Fsp3) is 0.643. The highest BCUT2D eigenvalue weighted by atomic mass is 35.5. The van der Waals surface area contributed by atoms with Gasteiger partial charge in [-0.2, -0.15) is 0 Å². The topological polar surface area (TPSA) is 28.2 Å². The molecule has 0 fully saturated rings. The van der Waals surface area contributed by atoms with Crippen molar-refractivity contribution in [2.45, 2.75) is 46.7 Å². The molecule has 0 amide bonds. The molecule has 1 atom stereocenters. The van der Waals surface area contributed by atoms with Crippen LogP contribution in [0, 0.1) is 0 Å². The lowest BCUT2D eigenvalue weighted by Gasteiger charge is -2.27. The molecule has 0 spiro atoms. The van der Waals surface area contributed by atoms with Gasteiger partial charge >= 0.3 is 0 Å². The molecule has 4 heteroatoms. The molecule has 0 saturated carbocycles. The smallest absolute Gasteiger partial charge is 0.126 e. The van der Waals surface area contributed by atoms with E-state index in [1.807, 2.05) is 12.1 Å². The third-order valence-electron chi connectivity index (χ3n) is 3.25. The molecule has 0 radical (unpaired) electrons. The van der Waals surface area contributed by atoms with Crippen LogP contribution in [-0.2, 0) is 6.54 Å². The lowest BCUT2D eigenvalue weighted by atomic mass is 10.2. The van der Waals surface area contributed by atoms with Gasteiger partial charge in [-0.05, 0) is 38.9 Å². The molecule has 0 aromatic carbocycles. The third-order valence-corrected chi connectivity index (χ3v) is 3.59. The Labute approximate surface area is 116 Å². The SMILES string of the molecule is CCNc1ccc(Cl)c(CN(CC)C(C)CC)n1. The van der Waals surface area contributed by atoms with Gasteiger partial charge in [-0.25, -0.2) is 4.98 Å². The summed E-state index contributed by atoms with van der Waals surface area (Å²) in [5.74, 6) is 0.900.